The smallest absolute Gasteiger partial charge is 0.433 e. The van der Waals surface area contributed by atoms with Crippen molar-refractivity contribution < 1.29 is 17.9 Å². The molecule has 0 amide bonds. The standard InChI is InChI=1S/C20H27F3N6O.HI/c1-24-18(25-11-4-3-5-15-6-8-16(30-2)9-7-15)27-13-14-28-19-26-12-10-17(29-19)20(21,22)23;/h6-10,12H,3-5,11,13-14H2,1-2H3,(H2,24,25,27)(H,26,28,29);1H. The van der Waals surface area contributed by atoms with Crippen LogP contribution < -0.4 is 20.7 Å². The first-order valence-electron chi connectivity index (χ1n) is 9.64. The van der Waals surface area contributed by atoms with E-state index in [4.69, 9.17) is 4.74 Å². The second-order valence-corrected chi connectivity index (χ2v) is 6.42. The Bertz CT molecular complexity index is 802. The Hall–Kier alpha value is -2.31. The minimum absolute atomic E-state index is 0. The summed E-state index contributed by atoms with van der Waals surface area (Å²) >= 11 is 0. The number of guanidine groups is 1. The van der Waals surface area contributed by atoms with E-state index in [1.807, 2.05) is 12.1 Å². The zero-order valence-electron chi connectivity index (χ0n) is 17.5. The SMILES string of the molecule is CN=C(NCCCCc1ccc(OC)cc1)NCCNc1nccc(C(F)(F)F)n1.I. The number of aliphatic imine (C=N–C) groups is 1. The van der Waals surface area contributed by atoms with Crippen molar-refractivity contribution in [3.63, 3.8) is 0 Å². The lowest BCUT2D eigenvalue weighted by atomic mass is 10.1. The van der Waals surface area contributed by atoms with Crippen molar-refractivity contribution in [1.82, 2.24) is 20.6 Å². The Balaban J connectivity index is 0.00000480. The minimum atomic E-state index is -4.49. The van der Waals surface area contributed by atoms with Gasteiger partial charge in [-0.1, -0.05) is 12.1 Å². The largest absolute Gasteiger partial charge is 0.497 e. The van der Waals surface area contributed by atoms with Crippen molar-refractivity contribution in [2.75, 3.05) is 39.1 Å². The lowest BCUT2D eigenvalue weighted by Gasteiger charge is -2.13. The van der Waals surface area contributed by atoms with Gasteiger partial charge in [0.15, 0.2) is 5.96 Å². The van der Waals surface area contributed by atoms with Gasteiger partial charge in [0.1, 0.15) is 11.4 Å². The van der Waals surface area contributed by atoms with E-state index in [9.17, 15) is 13.2 Å². The fourth-order valence-corrected chi connectivity index (χ4v) is 2.63. The third kappa shape index (κ3) is 10.0. The van der Waals surface area contributed by atoms with Crippen LogP contribution in [0.15, 0.2) is 41.5 Å². The molecule has 0 fully saturated rings. The molecule has 0 spiro atoms. The number of hydrogen-bond acceptors (Lipinski definition) is 5. The van der Waals surface area contributed by atoms with Crippen LogP contribution in [0.1, 0.15) is 24.1 Å². The van der Waals surface area contributed by atoms with E-state index in [0.29, 0.717) is 19.0 Å². The van der Waals surface area contributed by atoms with Crippen molar-refractivity contribution in [2.45, 2.75) is 25.4 Å². The van der Waals surface area contributed by atoms with Crippen molar-refractivity contribution in [1.29, 1.82) is 0 Å². The zero-order chi connectivity index (χ0) is 21.8. The van der Waals surface area contributed by atoms with Crippen molar-refractivity contribution in [3.05, 3.63) is 47.8 Å². The first-order valence-corrected chi connectivity index (χ1v) is 9.64. The Kier molecular flexibility index (Phi) is 12.0. The fourth-order valence-electron chi connectivity index (χ4n) is 2.63. The molecule has 11 heteroatoms. The highest BCUT2D eigenvalue weighted by Gasteiger charge is 2.32. The van der Waals surface area contributed by atoms with Crippen LogP contribution in [-0.2, 0) is 12.6 Å². The molecule has 3 N–H and O–H groups in total. The number of anilines is 1. The van der Waals surface area contributed by atoms with Crippen LogP contribution in [-0.4, -0.2) is 49.7 Å². The molecule has 0 aliphatic rings. The van der Waals surface area contributed by atoms with Gasteiger partial charge in [0.25, 0.3) is 0 Å². The number of unbranched alkanes of at least 4 members (excludes halogenated alkanes) is 1. The van der Waals surface area contributed by atoms with Crippen molar-refractivity contribution >= 4 is 35.9 Å². The third-order valence-electron chi connectivity index (χ3n) is 4.21. The molecule has 1 heterocycles. The molecular formula is C20H28F3IN6O. The lowest BCUT2D eigenvalue weighted by molar-refractivity contribution is -0.141. The summed E-state index contributed by atoms with van der Waals surface area (Å²) in [6.07, 6.45) is -0.415. The fraction of sp³-hybridized carbons (Fsp3) is 0.450. The molecule has 0 bridgehead atoms. The maximum atomic E-state index is 12.6. The first kappa shape index (κ1) is 26.7. The molecule has 172 valence electrons. The van der Waals surface area contributed by atoms with Crippen LogP contribution in [0.3, 0.4) is 0 Å². The Morgan fingerprint density at radius 2 is 1.74 bits per heavy atom. The molecule has 1 aromatic heterocycles. The number of nitrogens with zero attached hydrogens (tertiary/aromatic N) is 3. The first-order chi connectivity index (χ1) is 14.4. The van der Waals surface area contributed by atoms with Gasteiger partial charge < -0.3 is 20.7 Å². The summed E-state index contributed by atoms with van der Waals surface area (Å²) < 4.78 is 43.1. The summed E-state index contributed by atoms with van der Waals surface area (Å²) in [6.45, 7) is 1.56. The number of aromatic nitrogens is 2. The summed E-state index contributed by atoms with van der Waals surface area (Å²) in [7, 11) is 3.31. The number of nitrogens with one attached hydrogen (secondary N) is 3. The van der Waals surface area contributed by atoms with Gasteiger partial charge >= 0.3 is 6.18 Å². The van der Waals surface area contributed by atoms with E-state index >= 15 is 0 Å². The number of aryl methyl sites for hydroxylation is 1. The second kappa shape index (κ2) is 13.9. The topological polar surface area (TPSA) is 83.5 Å². The molecule has 2 aromatic rings. The monoisotopic (exact) mass is 552 g/mol. The van der Waals surface area contributed by atoms with Crippen LogP contribution in [0.5, 0.6) is 5.75 Å². The number of rotatable bonds is 10. The summed E-state index contributed by atoms with van der Waals surface area (Å²) in [5, 5.41) is 9.07. The highest BCUT2D eigenvalue weighted by Crippen LogP contribution is 2.27. The second-order valence-electron chi connectivity index (χ2n) is 6.42. The van der Waals surface area contributed by atoms with E-state index in [2.05, 4.69) is 43.0 Å². The molecule has 0 saturated carbocycles. The maximum Gasteiger partial charge on any atom is 0.433 e. The number of alkyl halides is 3. The maximum absolute atomic E-state index is 12.6. The quantitative estimate of drug-likeness (QED) is 0.181. The molecule has 0 unspecified atom stereocenters. The highest BCUT2D eigenvalue weighted by molar-refractivity contribution is 14.0. The Morgan fingerprint density at radius 3 is 2.39 bits per heavy atom. The molecule has 1 aromatic carbocycles. The molecule has 7 nitrogen and oxygen atoms in total. The lowest BCUT2D eigenvalue weighted by Crippen LogP contribution is -2.40. The van der Waals surface area contributed by atoms with E-state index in [-0.39, 0.29) is 29.9 Å². The van der Waals surface area contributed by atoms with Gasteiger partial charge in [-0.15, -0.1) is 24.0 Å². The van der Waals surface area contributed by atoms with Gasteiger partial charge in [0, 0.05) is 32.9 Å². The summed E-state index contributed by atoms with van der Waals surface area (Å²) in [5.41, 5.74) is 0.293. The van der Waals surface area contributed by atoms with Gasteiger partial charge in [0.05, 0.1) is 7.11 Å². The van der Waals surface area contributed by atoms with Crippen molar-refractivity contribution in [2.24, 2.45) is 4.99 Å². The van der Waals surface area contributed by atoms with Gasteiger partial charge in [0.2, 0.25) is 5.95 Å². The molecule has 0 aliphatic carbocycles. The number of ether oxygens (including phenoxy) is 1. The van der Waals surface area contributed by atoms with Gasteiger partial charge in [-0.05, 0) is 43.0 Å². The Morgan fingerprint density at radius 1 is 1.03 bits per heavy atom. The summed E-state index contributed by atoms with van der Waals surface area (Å²) in [4.78, 5) is 11.4. The van der Waals surface area contributed by atoms with E-state index in [1.54, 1.807) is 14.2 Å². The Labute approximate surface area is 197 Å². The summed E-state index contributed by atoms with van der Waals surface area (Å²) in [6, 6.07) is 8.88. The predicted octanol–water partition coefficient (Wildman–Crippen LogP) is 3.72. The van der Waals surface area contributed by atoms with E-state index in [1.165, 1.54) is 5.56 Å². The molecular weight excluding hydrogens is 524 g/mol. The molecule has 2 rings (SSSR count). The zero-order valence-corrected chi connectivity index (χ0v) is 19.8. The molecule has 31 heavy (non-hydrogen) atoms. The van der Waals surface area contributed by atoms with Crippen LogP contribution >= 0.6 is 24.0 Å². The average Bonchev–Trinajstić information content (AvgIpc) is 2.75. The normalized spacial score (nSPS) is 11.5. The minimum Gasteiger partial charge on any atom is -0.497 e. The van der Waals surface area contributed by atoms with Crippen LogP contribution in [0.25, 0.3) is 0 Å². The molecule has 0 aliphatic heterocycles. The van der Waals surface area contributed by atoms with E-state index in [0.717, 1.165) is 43.8 Å². The summed E-state index contributed by atoms with van der Waals surface area (Å²) in [5.74, 6) is 1.42. The van der Waals surface area contributed by atoms with Crippen LogP contribution in [0, 0.1) is 0 Å². The average molecular weight is 552 g/mol. The highest BCUT2D eigenvalue weighted by atomic mass is 127. The number of methoxy groups -OCH3 is 1. The van der Waals surface area contributed by atoms with Gasteiger partial charge in [-0.25, -0.2) is 9.97 Å². The van der Waals surface area contributed by atoms with Crippen LogP contribution in [0.4, 0.5) is 19.1 Å². The number of halogens is 4. The van der Waals surface area contributed by atoms with E-state index < -0.39 is 11.9 Å². The third-order valence-corrected chi connectivity index (χ3v) is 4.21. The van der Waals surface area contributed by atoms with Gasteiger partial charge in [-0.3, -0.25) is 4.99 Å². The van der Waals surface area contributed by atoms with Gasteiger partial charge in [-0.2, -0.15) is 13.2 Å². The number of benzene rings is 1. The molecule has 0 saturated heterocycles. The van der Waals surface area contributed by atoms with Crippen molar-refractivity contribution in [3.8, 4) is 5.75 Å². The number of hydrogen-bond donors (Lipinski definition) is 3. The predicted molar refractivity (Wildman–Crippen MR) is 126 cm³/mol. The van der Waals surface area contributed by atoms with Crippen LogP contribution in [0.2, 0.25) is 0 Å². The molecule has 0 atom stereocenters. The molecule has 0 radical (unpaired) electrons.